The lowest BCUT2D eigenvalue weighted by atomic mass is 10.1. The maximum Gasteiger partial charge on any atom is 0.257 e. The van der Waals surface area contributed by atoms with Crippen molar-refractivity contribution < 1.29 is 9.59 Å². The van der Waals surface area contributed by atoms with Gasteiger partial charge in [0.15, 0.2) is 0 Å². The molecular weight excluding hydrogens is 499 g/mol. The molecule has 1 unspecified atom stereocenters. The predicted molar refractivity (Wildman–Crippen MR) is 146 cm³/mol. The molecule has 0 bridgehead atoms. The van der Waals surface area contributed by atoms with E-state index in [0.717, 1.165) is 21.7 Å². The highest BCUT2D eigenvalue weighted by Gasteiger charge is 2.22. The lowest BCUT2D eigenvalue weighted by molar-refractivity contribution is -0.115. The Morgan fingerprint density at radius 2 is 1.51 bits per heavy atom. The number of thioether (sulfide) groups is 1. The number of anilines is 2. The fourth-order valence-electron chi connectivity index (χ4n) is 3.46. The molecule has 176 valence electrons. The Morgan fingerprint density at radius 3 is 2.20 bits per heavy atom. The fraction of sp³-hybridized carbons (Fsp3) is 0.0714. The van der Waals surface area contributed by atoms with E-state index in [0.29, 0.717) is 16.3 Å². The highest BCUT2D eigenvalue weighted by molar-refractivity contribution is 8.00. The van der Waals surface area contributed by atoms with Gasteiger partial charge in [0.05, 0.1) is 10.6 Å². The molecule has 0 aliphatic heterocycles. The minimum atomic E-state index is -0.454. The van der Waals surface area contributed by atoms with Crippen LogP contribution in [0.1, 0.15) is 26.7 Å². The number of carbonyl (C=O) groups excluding carboxylic acids is 2. The van der Waals surface area contributed by atoms with Crippen molar-refractivity contribution in [3.05, 3.63) is 124 Å². The zero-order chi connectivity index (χ0) is 24.8. The molecule has 0 heterocycles. The maximum absolute atomic E-state index is 13.2. The molecule has 0 spiro atoms. The van der Waals surface area contributed by atoms with Gasteiger partial charge in [0.2, 0.25) is 5.91 Å². The van der Waals surface area contributed by atoms with Crippen molar-refractivity contribution in [1.82, 2.24) is 0 Å². The fourth-order valence-corrected chi connectivity index (χ4v) is 4.98. The average Bonchev–Trinajstić information content (AvgIpc) is 2.84. The summed E-state index contributed by atoms with van der Waals surface area (Å²) in [6, 6.07) is 29.4. The Morgan fingerprint density at radius 1 is 0.771 bits per heavy atom. The van der Waals surface area contributed by atoms with Crippen LogP contribution in [-0.4, -0.2) is 11.8 Å². The van der Waals surface area contributed by atoms with Crippen molar-refractivity contribution in [3.63, 3.8) is 0 Å². The zero-order valence-corrected chi connectivity index (χ0v) is 21.1. The number of hydrogen-bond donors (Lipinski definition) is 2. The Labute approximate surface area is 218 Å². The van der Waals surface area contributed by atoms with Crippen LogP contribution in [0.4, 0.5) is 11.4 Å². The van der Waals surface area contributed by atoms with E-state index in [2.05, 4.69) is 10.6 Å². The number of benzene rings is 4. The molecule has 4 nitrogen and oxygen atoms in total. The number of nitrogens with one attached hydrogen (secondary N) is 2. The molecule has 7 heteroatoms. The molecule has 0 aliphatic rings. The zero-order valence-electron chi connectivity index (χ0n) is 18.8. The van der Waals surface area contributed by atoms with Gasteiger partial charge in [-0.1, -0.05) is 65.7 Å². The van der Waals surface area contributed by atoms with Crippen LogP contribution in [-0.2, 0) is 4.79 Å². The Kier molecular flexibility index (Phi) is 8.13. The van der Waals surface area contributed by atoms with Gasteiger partial charge < -0.3 is 10.6 Å². The van der Waals surface area contributed by atoms with E-state index in [-0.39, 0.29) is 16.8 Å². The number of hydrogen-bond acceptors (Lipinski definition) is 3. The lowest BCUT2D eigenvalue weighted by Crippen LogP contribution is -2.19. The van der Waals surface area contributed by atoms with Gasteiger partial charge in [-0.3, -0.25) is 9.59 Å². The monoisotopic (exact) mass is 520 g/mol. The van der Waals surface area contributed by atoms with Crippen molar-refractivity contribution in [2.24, 2.45) is 0 Å². The number of aryl methyl sites for hydroxylation is 1. The molecule has 0 saturated heterocycles. The molecule has 0 aromatic heterocycles. The van der Waals surface area contributed by atoms with Gasteiger partial charge in [-0.25, -0.2) is 0 Å². The summed E-state index contributed by atoms with van der Waals surface area (Å²) in [5.41, 5.74) is 3.69. The Hall–Kier alpha value is -3.25. The third-order valence-electron chi connectivity index (χ3n) is 5.17. The van der Waals surface area contributed by atoms with Crippen LogP contribution < -0.4 is 10.6 Å². The minimum Gasteiger partial charge on any atom is -0.325 e. The number of halogens is 2. The molecule has 1 atom stereocenters. The second-order valence-corrected chi connectivity index (χ2v) is 9.89. The van der Waals surface area contributed by atoms with Crippen LogP contribution in [0.2, 0.25) is 10.0 Å². The molecule has 2 amide bonds. The summed E-state index contributed by atoms with van der Waals surface area (Å²) in [5, 5.41) is 6.16. The molecule has 0 saturated carbocycles. The first kappa shape index (κ1) is 24.9. The first-order valence-electron chi connectivity index (χ1n) is 10.8. The molecule has 35 heavy (non-hydrogen) atoms. The van der Waals surface area contributed by atoms with E-state index in [1.165, 1.54) is 17.8 Å². The summed E-state index contributed by atoms with van der Waals surface area (Å²) in [4.78, 5) is 26.7. The molecule has 0 radical (unpaired) electrons. The molecule has 2 N–H and O–H groups in total. The SMILES string of the molecule is Cc1cccc(NC(=O)C(Sc2ccc(NC(=O)c3ccc(Cl)cc3Cl)cc2)c2ccccc2)c1. The summed E-state index contributed by atoms with van der Waals surface area (Å²) in [7, 11) is 0. The summed E-state index contributed by atoms with van der Waals surface area (Å²) >= 11 is 13.5. The number of amides is 2. The van der Waals surface area contributed by atoms with Crippen LogP contribution in [0.5, 0.6) is 0 Å². The van der Waals surface area contributed by atoms with Gasteiger partial charge >= 0.3 is 0 Å². The van der Waals surface area contributed by atoms with E-state index in [1.54, 1.807) is 24.3 Å². The van der Waals surface area contributed by atoms with Gasteiger partial charge in [0.25, 0.3) is 5.91 Å². The van der Waals surface area contributed by atoms with Crippen LogP contribution in [0.3, 0.4) is 0 Å². The molecule has 4 aromatic rings. The van der Waals surface area contributed by atoms with Crippen molar-refractivity contribution in [1.29, 1.82) is 0 Å². The molecule has 4 aromatic carbocycles. The van der Waals surface area contributed by atoms with E-state index in [9.17, 15) is 9.59 Å². The van der Waals surface area contributed by atoms with Crippen LogP contribution in [0, 0.1) is 6.92 Å². The van der Waals surface area contributed by atoms with Gasteiger partial charge in [-0.05, 0) is 72.6 Å². The average molecular weight is 521 g/mol. The molecule has 0 fully saturated rings. The van der Waals surface area contributed by atoms with Crippen LogP contribution in [0.25, 0.3) is 0 Å². The molecule has 4 rings (SSSR count). The van der Waals surface area contributed by atoms with Crippen molar-refractivity contribution in [2.45, 2.75) is 17.1 Å². The Balaban J connectivity index is 1.49. The Bertz CT molecular complexity index is 1340. The van der Waals surface area contributed by atoms with Crippen LogP contribution in [0.15, 0.2) is 102 Å². The molecular formula is C28H22Cl2N2O2S. The summed E-state index contributed by atoms with van der Waals surface area (Å²) in [6.45, 7) is 1.99. The van der Waals surface area contributed by atoms with Crippen molar-refractivity contribution in [3.8, 4) is 0 Å². The van der Waals surface area contributed by atoms with Crippen LogP contribution >= 0.6 is 35.0 Å². The first-order valence-corrected chi connectivity index (χ1v) is 12.5. The number of carbonyl (C=O) groups is 2. The van der Waals surface area contributed by atoms with E-state index in [1.807, 2.05) is 73.7 Å². The third kappa shape index (κ3) is 6.67. The smallest absolute Gasteiger partial charge is 0.257 e. The topological polar surface area (TPSA) is 58.2 Å². The van der Waals surface area contributed by atoms with E-state index < -0.39 is 5.25 Å². The van der Waals surface area contributed by atoms with E-state index in [4.69, 9.17) is 23.2 Å². The standard InChI is InChI=1S/C28H22Cl2N2O2S/c1-18-6-5-9-22(16-18)32-28(34)26(19-7-3-2-4-8-19)35-23-13-11-21(12-14-23)31-27(33)24-15-10-20(29)17-25(24)30/h2-17,26H,1H3,(H,31,33)(H,32,34). The number of rotatable bonds is 7. The molecule has 0 aliphatic carbocycles. The first-order chi connectivity index (χ1) is 16.9. The lowest BCUT2D eigenvalue weighted by Gasteiger charge is -2.17. The second kappa shape index (κ2) is 11.5. The summed E-state index contributed by atoms with van der Waals surface area (Å²) in [6.07, 6.45) is 0. The quantitative estimate of drug-likeness (QED) is 0.242. The summed E-state index contributed by atoms with van der Waals surface area (Å²) in [5.74, 6) is -0.437. The second-order valence-electron chi connectivity index (χ2n) is 7.87. The third-order valence-corrected chi connectivity index (χ3v) is 6.98. The summed E-state index contributed by atoms with van der Waals surface area (Å²) < 4.78 is 0. The predicted octanol–water partition coefficient (Wildman–Crippen LogP) is 8.03. The van der Waals surface area contributed by atoms with Gasteiger partial charge in [0.1, 0.15) is 5.25 Å². The van der Waals surface area contributed by atoms with E-state index >= 15 is 0 Å². The highest BCUT2D eigenvalue weighted by Crippen LogP contribution is 2.37. The minimum absolute atomic E-state index is 0.110. The van der Waals surface area contributed by atoms with Gasteiger partial charge in [-0.15, -0.1) is 11.8 Å². The van der Waals surface area contributed by atoms with Gasteiger partial charge in [0, 0.05) is 21.3 Å². The maximum atomic E-state index is 13.2. The van der Waals surface area contributed by atoms with Crippen molar-refractivity contribution >= 4 is 58.2 Å². The van der Waals surface area contributed by atoms with Crippen molar-refractivity contribution in [2.75, 3.05) is 10.6 Å². The largest absolute Gasteiger partial charge is 0.325 e. The highest BCUT2D eigenvalue weighted by atomic mass is 35.5. The van der Waals surface area contributed by atoms with Gasteiger partial charge in [-0.2, -0.15) is 0 Å². The normalized spacial score (nSPS) is 11.5.